The molecule has 1 aromatic heterocycles. The third-order valence-electron chi connectivity index (χ3n) is 5.59. The number of allylic oxidation sites excluding steroid dienone is 1. The van der Waals surface area contributed by atoms with E-state index < -0.39 is 53.4 Å². The number of carbonyl (C=O) groups excluding carboxylic acids is 5. The van der Waals surface area contributed by atoms with Gasteiger partial charge in [-0.15, -0.1) is 0 Å². The topological polar surface area (TPSA) is 144 Å². The highest BCUT2D eigenvalue weighted by molar-refractivity contribution is 5.97. The molecule has 0 saturated carbocycles. The van der Waals surface area contributed by atoms with Crippen LogP contribution in [0.15, 0.2) is 34.3 Å². The first-order valence-electron chi connectivity index (χ1n) is 12.0. The van der Waals surface area contributed by atoms with Crippen LogP contribution in [-0.4, -0.2) is 59.8 Å². The highest BCUT2D eigenvalue weighted by Crippen LogP contribution is 2.23. The van der Waals surface area contributed by atoms with Gasteiger partial charge in [-0.2, -0.15) is 0 Å². The summed E-state index contributed by atoms with van der Waals surface area (Å²) in [6.45, 7) is 10.1. The second-order valence-corrected chi connectivity index (χ2v) is 9.06. The van der Waals surface area contributed by atoms with Gasteiger partial charge in [0.25, 0.3) is 5.91 Å². The van der Waals surface area contributed by atoms with Crippen LogP contribution in [0.4, 0.5) is 0 Å². The number of esters is 2. The Balaban J connectivity index is 2.28. The highest BCUT2D eigenvalue weighted by atomic mass is 16.6. The van der Waals surface area contributed by atoms with Crippen LogP contribution in [0.1, 0.15) is 64.9 Å². The molecule has 2 rings (SSSR count). The molecule has 2 atom stereocenters. The summed E-state index contributed by atoms with van der Waals surface area (Å²) in [5.41, 5.74) is 0.0829. The Morgan fingerprint density at radius 2 is 1.86 bits per heavy atom. The van der Waals surface area contributed by atoms with Gasteiger partial charge in [-0.1, -0.05) is 27.7 Å². The Kier molecular flexibility index (Phi) is 10.2. The summed E-state index contributed by atoms with van der Waals surface area (Å²) >= 11 is 0. The molecule has 2 N–H and O–H groups in total. The van der Waals surface area contributed by atoms with E-state index in [-0.39, 0.29) is 24.0 Å². The molecule has 2 heterocycles. The van der Waals surface area contributed by atoms with Crippen molar-refractivity contribution < 1.29 is 37.9 Å². The van der Waals surface area contributed by atoms with Crippen molar-refractivity contribution in [3.8, 4) is 0 Å². The number of carbonyl (C=O) groups is 5. The van der Waals surface area contributed by atoms with Gasteiger partial charge in [0.05, 0.1) is 18.6 Å². The van der Waals surface area contributed by atoms with Crippen LogP contribution >= 0.6 is 0 Å². The Bertz CT molecular complexity index is 997. The molecule has 0 aliphatic carbocycles. The zero-order chi connectivity index (χ0) is 27.0. The number of hydrogen-bond acceptors (Lipinski definition) is 8. The predicted molar refractivity (Wildman–Crippen MR) is 128 cm³/mol. The fourth-order valence-corrected chi connectivity index (χ4v) is 3.84. The number of rotatable bonds is 10. The Morgan fingerprint density at radius 1 is 1.17 bits per heavy atom. The third-order valence-corrected chi connectivity index (χ3v) is 5.59. The predicted octanol–water partition coefficient (Wildman–Crippen LogP) is 2.13. The van der Waals surface area contributed by atoms with Crippen molar-refractivity contribution in [1.29, 1.82) is 0 Å². The Labute approximate surface area is 210 Å². The lowest BCUT2D eigenvalue weighted by atomic mass is 10.0. The molecule has 1 aliphatic heterocycles. The maximum absolute atomic E-state index is 13.4. The van der Waals surface area contributed by atoms with E-state index >= 15 is 0 Å². The smallest absolute Gasteiger partial charge is 0.376 e. The average Bonchev–Trinajstić information content (AvgIpc) is 3.51. The van der Waals surface area contributed by atoms with Gasteiger partial charge in [0.2, 0.25) is 17.6 Å². The van der Waals surface area contributed by atoms with Crippen molar-refractivity contribution in [1.82, 2.24) is 15.5 Å². The number of hydrogen-bond donors (Lipinski definition) is 2. The van der Waals surface area contributed by atoms with Gasteiger partial charge >= 0.3 is 11.9 Å². The second-order valence-electron chi connectivity index (χ2n) is 9.06. The van der Waals surface area contributed by atoms with Crippen LogP contribution in [0, 0.1) is 11.8 Å². The number of nitrogens with one attached hydrogen (secondary N) is 2. The molecule has 11 nitrogen and oxygen atoms in total. The van der Waals surface area contributed by atoms with Gasteiger partial charge in [-0.3, -0.25) is 19.2 Å². The van der Waals surface area contributed by atoms with Crippen LogP contribution in [0.25, 0.3) is 0 Å². The van der Waals surface area contributed by atoms with Crippen LogP contribution in [-0.2, 0) is 28.7 Å². The number of amides is 3. The molecule has 0 bridgehead atoms. The molecule has 1 unspecified atom stereocenters. The molecule has 36 heavy (non-hydrogen) atoms. The second kappa shape index (κ2) is 12.9. The molecule has 1 aromatic rings. The number of furan rings is 1. The fourth-order valence-electron chi connectivity index (χ4n) is 3.84. The van der Waals surface area contributed by atoms with Crippen molar-refractivity contribution in [2.45, 2.75) is 66.5 Å². The lowest BCUT2D eigenvalue weighted by molar-refractivity contribution is -0.150. The van der Waals surface area contributed by atoms with E-state index in [2.05, 4.69) is 10.6 Å². The molecule has 1 aliphatic rings. The van der Waals surface area contributed by atoms with Gasteiger partial charge in [0.15, 0.2) is 5.76 Å². The van der Waals surface area contributed by atoms with E-state index in [4.69, 9.17) is 13.9 Å². The summed E-state index contributed by atoms with van der Waals surface area (Å²) in [6, 6.07) is 1.34. The first kappa shape index (κ1) is 28.6. The van der Waals surface area contributed by atoms with Crippen molar-refractivity contribution in [3.63, 3.8) is 0 Å². The summed E-state index contributed by atoms with van der Waals surface area (Å²) in [4.78, 5) is 64.8. The quantitative estimate of drug-likeness (QED) is 0.280. The van der Waals surface area contributed by atoms with Gasteiger partial charge in [-0.05, 0) is 43.7 Å². The summed E-state index contributed by atoms with van der Waals surface area (Å²) in [6.07, 6.45) is 2.33. The van der Waals surface area contributed by atoms with Crippen molar-refractivity contribution in [3.05, 3.63) is 35.6 Å². The summed E-state index contributed by atoms with van der Waals surface area (Å²) in [5, 5.41) is 5.38. The third kappa shape index (κ3) is 7.19. The lowest BCUT2D eigenvalue weighted by Gasteiger charge is -2.31. The van der Waals surface area contributed by atoms with Crippen molar-refractivity contribution in [2.24, 2.45) is 11.8 Å². The minimum Gasteiger partial charge on any atom is -0.460 e. The van der Waals surface area contributed by atoms with Crippen LogP contribution in [0.5, 0.6) is 0 Å². The minimum atomic E-state index is -0.882. The van der Waals surface area contributed by atoms with Gasteiger partial charge < -0.3 is 29.4 Å². The minimum absolute atomic E-state index is 0.0497. The van der Waals surface area contributed by atoms with E-state index in [0.717, 1.165) is 6.92 Å². The molecule has 11 heteroatoms. The van der Waals surface area contributed by atoms with Crippen molar-refractivity contribution in [2.75, 3.05) is 13.2 Å². The molecule has 1 saturated heterocycles. The average molecular weight is 506 g/mol. The van der Waals surface area contributed by atoms with Crippen LogP contribution in [0.3, 0.4) is 0 Å². The van der Waals surface area contributed by atoms with E-state index in [0.29, 0.717) is 19.4 Å². The van der Waals surface area contributed by atoms with Gasteiger partial charge in [0.1, 0.15) is 12.1 Å². The summed E-state index contributed by atoms with van der Waals surface area (Å²) in [7, 11) is 0. The summed E-state index contributed by atoms with van der Waals surface area (Å²) < 4.78 is 15.2. The van der Waals surface area contributed by atoms with E-state index in [1.807, 2.05) is 0 Å². The molecule has 0 spiro atoms. The van der Waals surface area contributed by atoms with Gasteiger partial charge in [-0.25, -0.2) is 4.79 Å². The van der Waals surface area contributed by atoms with Crippen LogP contribution in [0.2, 0.25) is 0 Å². The number of nitrogens with zero attached hydrogens (tertiary/aromatic N) is 1. The van der Waals surface area contributed by atoms with Crippen LogP contribution < -0.4 is 10.6 Å². The molecular formula is C25H35N3O8. The summed E-state index contributed by atoms with van der Waals surface area (Å²) in [5.74, 6) is -4.06. The van der Waals surface area contributed by atoms with Gasteiger partial charge in [0, 0.05) is 13.5 Å². The highest BCUT2D eigenvalue weighted by Gasteiger charge is 2.39. The SMILES string of the molecule is CCOC(=O)C(OC(C)=O)=C(NC(=O)[C@@H]1CCCN1C(=O)C(NC(=O)c1ccco1)C(C)C)C(C)C. The van der Waals surface area contributed by atoms with E-state index in [9.17, 15) is 24.0 Å². The fraction of sp³-hybridized carbons (Fsp3) is 0.560. The first-order valence-corrected chi connectivity index (χ1v) is 12.0. The Hall–Kier alpha value is -3.63. The number of likely N-dealkylation sites (tertiary alicyclic amines) is 1. The molecule has 3 amide bonds. The molecule has 0 aromatic carbocycles. The molecule has 1 fully saturated rings. The number of ether oxygens (including phenoxy) is 2. The van der Waals surface area contributed by atoms with E-state index in [1.54, 1.807) is 40.7 Å². The molecule has 198 valence electrons. The monoisotopic (exact) mass is 505 g/mol. The molecular weight excluding hydrogens is 470 g/mol. The Morgan fingerprint density at radius 3 is 2.39 bits per heavy atom. The first-order chi connectivity index (χ1) is 17.0. The van der Waals surface area contributed by atoms with Crippen molar-refractivity contribution >= 4 is 29.7 Å². The van der Waals surface area contributed by atoms with E-state index in [1.165, 1.54) is 17.2 Å². The zero-order valence-electron chi connectivity index (χ0n) is 21.6. The molecule has 0 radical (unpaired) electrons. The maximum atomic E-state index is 13.4. The lowest BCUT2D eigenvalue weighted by Crippen LogP contribution is -2.55. The normalized spacial score (nSPS) is 16.9. The largest absolute Gasteiger partial charge is 0.460 e. The zero-order valence-corrected chi connectivity index (χ0v) is 21.6. The standard InChI is InChI=1S/C25H35N3O8/c1-7-34-25(33)21(36-16(6)29)19(14(2)3)26-22(30)17-10-8-12-28(17)24(32)20(15(4)5)27-23(31)18-11-9-13-35-18/h9,11,13-15,17,20H,7-8,10,12H2,1-6H3,(H,26,30)(H,27,31)/t17-,20?/m0/s1. The maximum Gasteiger partial charge on any atom is 0.376 e.